The lowest BCUT2D eigenvalue weighted by atomic mass is 10.3. The zero-order valence-electron chi connectivity index (χ0n) is 7.10. The topological polar surface area (TPSA) is 36.8 Å². The van der Waals surface area contributed by atoms with Crippen molar-refractivity contribution in [2.75, 3.05) is 13.6 Å². The average Bonchev–Trinajstić information content (AvgIpc) is 1.87. The largest absolute Gasteiger partial charge is 0.369 e. The summed E-state index contributed by atoms with van der Waals surface area (Å²) in [5, 5.41) is 10.7. The van der Waals surface area contributed by atoms with Crippen molar-refractivity contribution in [3.05, 3.63) is 11.4 Å². The lowest BCUT2D eigenvalue weighted by Crippen LogP contribution is -2.11. The lowest BCUT2D eigenvalue weighted by molar-refractivity contribution is 0.798. The monoisotopic (exact) mass is 141 g/mol. The summed E-state index contributed by atoms with van der Waals surface area (Å²) in [5.41, 5.74) is 1.16. The molecule has 0 aromatic carbocycles. The highest BCUT2D eigenvalue weighted by atomic mass is 15.2. The highest BCUT2D eigenvalue weighted by molar-refractivity contribution is 5.04. The Bertz CT molecular complexity index is 143. The summed E-state index contributed by atoms with van der Waals surface area (Å²) >= 11 is 0. The Morgan fingerprint density at radius 3 is 2.30 bits per heavy atom. The molecule has 0 fully saturated rings. The predicted molar refractivity (Wildman–Crippen MR) is 42.8 cm³/mol. The van der Waals surface area contributed by atoms with E-state index in [1.807, 2.05) is 20.8 Å². The lowest BCUT2D eigenvalue weighted by Gasteiger charge is -2.02. The van der Waals surface area contributed by atoms with E-state index in [4.69, 9.17) is 0 Å². The highest BCUT2D eigenvalue weighted by Gasteiger charge is 1.92. The van der Waals surface area contributed by atoms with Gasteiger partial charge in [0.25, 0.3) is 0 Å². The molecule has 0 saturated carbocycles. The fourth-order valence-electron chi connectivity index (χ4n) is 0.580. The number of allylic oxidation sites excluding steroid dienone is 1. The van der Waals surface area contributed by atoms with Crippen molar-refractivity contribution in [2.24, 2.45) is 10.2 Å². The van der Waals surface area contributed by atoms with Gasteiger partial charge < -0.3 is 5.32 Å². The molecule has 10 heavy (non-hydrogen) atoms. The summed E-state index contributed by atoms with van der Waals surface area (Å²) in [6.07, 6.45) is 0. The van der Waals surface area contributed by atoms with E-state index < -0.39 is 0 Å². The predicted octanol–water partition coefficient (Wildman–Crippen LogP) is 1.93. The molecule has 0 aliphatic rings. The van der Waals surface area contributed by atoms with Gasteiger partial charge >= 0.3 is 0 Å². The van der Waals surface area contributed by atoms with E-state index in [1.165, 1.54) is 0 Å². The van der Waals surface area contributed by atoms with E-state index in [2.05, 4.69) is 15.5 Å². The summed E-state index contributed by atoms with van der Waals surface area (Å²) in [7, 11) is 1.67. The summed E-state index contributed by atoms with van der Waals surface area (Å²) in [5.74, 6) is 0.880. The van der Waals surface area contributed by atoms with Gasteiger partial charge in [0.15, 0.2) is 0 Å². The third kappa shape index (κ3) is 3.22. The maximum atomic E-state index is 3.91. The fourth-order valence-corrected chi connectivity index (χ4v) is 0.580. The molecule has 0 aliphatic carbocycles. The maximum absolute atomic E-state index is 3.91. The minimum atomic E-state index is 0.880. The van der Waals surface area contributed by atoms with E-state index >= 15 is 0 Å². The van der Waals surface area contributed by atoms with Gasteiger partial charge in [-0.25, -0.2) is 0 Å². The third-order valence-electron chi connectivity index (χ3n) is 1.02. The smallest absolute Gasteiger partial charge is 0.146 e. The molecule has 0 radical (unpaired) electrons. The van der Waals surface area contributed by atoms with Gasteiger partial charge in [-0.2, -0.15) is 5.11 Å². The second kappa shape index (κ2) is 4.97. The van der Waals surface area contributed by atoms with Crippen molar-refractivity contribution in [1.29, 1.82) is 0 Å². The van der Waals surface area contributed by atoms with Crippen molar-refractivity contribution < 1.29 is 0 Å². The summed E-state index contributed by atoms with van der Waals surface area (Å²) in [6.45, 7) is 6.94. The Kier molecular flexibility index (Phi) is 4.54. The number of hydrogen-bond acceptors (Lipinski definition) is 3. The van der Waals surface area contributed by atoms with E-state index in [0.29, 0.717) is 0 Å². The standard InChI is InChI=1S/C7H15N3/c1-5-9-7(6(2)3)10-8-4/h9H,5H2,1-4H3. The number of hydrogen-bond donors (Lipinski definition) is 1. The molecule has 58 valence electrons. The van der Waals surface area contributed by atoms with E-state index in [9.17, 15) is 0 Å². The first-order valence-electron chi connectivity index (χ1n) is 3.43. The van der Waals surface area contributed by atoms with Crippen LogP contribution in [0.15, 0.2) is 21.6 Å². The molecule has 0 unspecified atom stereocenters. The van der Waals surface area contributed by atoms with Crippen molar-refractivity contribution in [3.8, 4) is 0 Å². The normalized spacial score (nSPS) is 10.0. The highest BCUT2D eigenvalue weighted by Crippen LogP contribution is 2.00. The maximum Gasteiger partial charge on any atom is 0.146 e. The van der Waals surface area contributed by atoms with Crippen LogP contribution in [0, 0.1) is 0 Å². The van der Waals surface area contributed by atoms with Gasteiger partial charge in [0.05, 0.1) is 0 Å². The zero-order valence-corrected chi connectivity index (χ0v) is 7.10. The van der Waals surface area contributed by atoms with Crippen molar-refractivity contribution >= 4 is 0 Å². The molecule has 0 aliphatic heterocycles. The van der Waals surface area contributed by atoms with Crippen LogP contribution in [0.5, 0.6) is 0 Å². The molecule has 0 heterocycles. The van der Waals surface area contributed by atoms with Crippen LogP contribution in [-0.4, -0.2) is 13.6 Å². The van der Waals surface area contributed by atoms with Gasteiger partial charge in [0.1, 0.15) is 5.82 Å². The molecule has 0 amide bonds. The van der Waals surface area contributed by atoms with E-state index in [0.717, 1.165) is 17.9 Å². The number of nitrogens with zero attached hydrogens (tertiary/aromatic N) is 2. The minimum absolute atomic E-state index is 0.880. The van der Waals surface area contributed by atoms with Crippen LogP contribution >= 0.6 is 0 Å². The molecule has 0 bridgehead atoms. The SMILES string of the molecule is CCNC(N=NC)=C(C)C. The molecular weight excluding hydrogens is 126 g/mol. The summed E-state index contributed by atoms with van der Waals surface area (Å²) in [4.78, 5) is 0. The Morgan fingerprint density at radius 2 is 2.00 bits per heavy atom. The van der Waals surface area contributed by atoms with Gasteiger partial charge in [-0.1, -0.05) is 0 Å². The summed E-state index contributed by atoms with van der Waals surface area (Å²) in [6, 6.07) is 0. The summed E-state index contributed by atoms with van der Waals surface area (Å²) < 4.78 is 0. The second-order valence-corrected chi connectivity index (χ2v) is 2.18. The first-order chi connectivity index (χ1) is 4.72. The van der Waals surface area contributed by atoms with Gasteiger partial charge in [0.2, 0.25) is 0 Å². The van der Waals surface area contributed by atoms with E-state index in [1.54, 1.807) is 7.05 Å². The van der Waals surface area contributed by atoms with Crippen LogP contribution in [0.1, 0.15) is 20.8 Å². The van der Waals surface area contributed by atoms with Crippen LogP contribution in [0.25, 0.3) is 0 Å². The van der Waals surface area contributed by atoms with Crippen LogP contribution < -0.4 is 5.32 Å². The van der Waals surface area contributed by atoms with Crippen LogP contribution in [0.2, 0.25) is 0 Å². The molecule has 0 spiro atoms. The number of rotatable bonds is 3. The number of azo groups is 1. The van der Waals surface area contributed by atoms with E-state index in [-0.39, 0.29) is 0 Å². The first-order valence-corrected chi connectivity index (χ1v) is 3.43. The van der Waals surface area contributed by atoms with Crippen LogP contribution in [-0.2, 0) is 0 Å². The molecule has 1 N–H and O–H groups in total. The Hall–Kier alpha value is -0.860. The molecule has 3 nitrogen and oxygen atoms in total. The molecule has 0 aromatic rings. The van der Waals surface area contributed by atoms with Crippen LogP contribution in [0.4, 0.5) is 0 Å². The average molecular weight is 141 g/mol. The van der Waals surface area contributed by atoms with Gasteiger partial charge in [-0.3, -0.25) is 0 Å². The number of nitrogens with one attached hydrogen (secondary N) is 1. The van der Waals surface area contributed by atoms with Crippen LogP contribution in [0.3, 0.4) is 0 Å². The molecule has 0 rings (SSSR count). The first kappa shape index (κ1) is 9.14. The Morgan fingerprint density at radius 1 is 1.40 bits per heavy atom. The third-order valence-corrected chi connectivity index (χ3v) is 1.02. The van der Waals surface area contributed by atoms with Gasteiger partial charge in [0, 0.05) is 13.6 Å². The van der Waals surface area contributed by atoms with Gasteiger partial charge in [-0.05, 0) is 26.3 Å². The molecule has 3 heteroatoms. The van der Waals surface area contributed by atoms with Crippen molar-refractivity contribution in [2.45, 2.75) is 20.8 Å². The quantitative estimate of drug-likeness (QED) is 0.599. The van der Waals surface area contributed by atoms with Crippen molar-refractivity contribution in [1.82, 2.24) is 5.32 Å². The Labute approximate surface area is 62.2 Å². The molecular formula is C7H15N3. The second-order valence-electron chi connectivity index (χ2n) is 2.18. The molecule has 0 atom stereocenters. The fraction of sp³-hybridized carbons (Fsp3) is 0.714. The molecule has 0 aromatic heterocycles. The van der Waals surface area contributed by atoms with Crippen molar-refractivity contribution in [3.63, 3.8) is 0 Å². The minimum Gasteiger partial charge on any atom is -0.369 e. The zero-order chi connectivity index (χ0) is 7.98. The van der Waals surface area contributed by atoms with Gasteiger partial charge in [-0.15, -0.1) is 5.11 Å². The molecule has 0 saturated heterocycles. The Balaban J connectivity index is 4.13.